The normalized spacial score (nSPS) is 22.2. The first-order valence-electron chi connectivity index (χ1n) is 11.6. The number of hydrogen-bond donors (Lipinski definition) is 0. The van der Waals surface area contributed by atoms with E-state index in [-0.39, 0.29) is 0 Å². The van der Waals surface area contributed by atoms with Crippen molar-refractivity contribution >= 4 is 68.3 Å². The highest BCUT2D eigenvalue weighted by atomic mass is 35.5. The van der Waals surface area contributed by atoms with Crippen LogP contribution in [0, 0.1) is 5.92 Å². The lowest BCUT2D eigenvalue weighted by atomic mass is 9.77. The molecule has 1 unspecified atom stereocenters. The molecule has 0 saturated heterocycles. The van der Waals surface area contributed by atoms with Gasteiger partial charge < -0.3 is 4.90 Å². The molecule has 2 aromatic carbocycles. The summed E-state index contributed by atoms with van der Waals surface area (Å²) in [5, 5.41) is 4.11. The number of rotatable bonds is 2. The Morgan fingerprint density at radius 2 is 1.79 bits per heavy atom. The van der Waals surface area contributed by atoms with Crippen molar-refractivity contribution in [1.82, 2.24) is 0 Å². The van der Waals surface area contributed by atoms with Crippen LogP contribution in [0.3, 0.4) is 0 Å². The van der Waals surface area contributed by atoms with Crippen molar-refractivity contribution < 1.29 is 4.57 Å². The summed E-state index contributed by atoms with van der Waals surface area (Å²) in [6.07, 6.45) is 14.3. The molecule has 0 spiro atoms. The van der Waals surface area contributed by atoms with Crippen molar-refractivity contribution in [2.45, 2.75) is 30.6 Å². The fourth-order valence-electron chi connectivity index (χ4n) is 5.08. The number of hydrogen-bond acceptors (Lipinski definition) is 3. The zero-order chi connectivity index (χ0) is 23.4. The quantitative estimate of drug-likeness (QED) is 0.310. The Balaban J connectivity index is 1.30. The summed E-state index contributed by atoms with van der Waals surface area (Å²) in [5.41, 5.74) is 6.70. The van der Waals surface area contributed by atoms with Crippen LogP contribution in [-0.2, 0) is 7.05 Å². The minimum atomic E-state index is 0.680. The van der Waals surface area contributed by atoms with Gasteiger partial charge in [0, 0.05) is 34.1 Å². The molecule has 0 N–H and O–H groups in total. The van der Waals surface area contributed by atoms with Crippen molar-refractivity contribution in [3.8, 4) is 0 Å². The van der Waals surface area contributed by atoms with E-state index in [2.05, 4.69) is 72.1 Å². The van der Waals surface area contributed by atoms with Crippen LogP contribution in [0.4, 0.5) is 5.69 Å². The van der Waals surface area contributed by atoms with Crippen LogP contribution in [0.15, 0.2) is 81.3 Å². The first-order chi connectivity index (χ1) is 16.4. The maximum atomic E-state index is 6.23. The van der Waals surface area contributed by atoms with Gasteiger partial charge in [0.25, 0.3) is 5.01 Å². The van der Waals surface area contributed by atoms with Crippen molar-refractivity contribution in [1.29, 1.82) is 0 Å². The summed E-state index contributed by atoms with van der Waals surface area (Å²) in [5.74, 6) is 0.680. The minimum absolute atomic E-state index is 0.680. The molecule has 3 aliphatic rings. The summed E-state index contributed by atoms with van der Waals surface area (Å²) < 4.78 is 3.53. The predicted octanol–water partition coefficient (Wildman–Crippen LogP) is 8.56. The summed E-state index contributed by atoms with van der Waals surface area (Å²) in [7, 11) is 4.26. The summed E-state index contributed by atoms with van der Waals surface area (Å²) >= 11 is 16.1. The second kappa shape index (κ2) is 8.91. The third-order valence-electron chi connectivity index (χ3n) is 7.01. The molecule has 0 bridgehead atoms. The number of anilines is 1. The van der Waals surface area contributed by atoms with Gasteiger partial charge in [0.05, 0.1) is 10.7 Å². The lowest BCUT2D eigenvalue weighted by molar-refractivity contribution is -0.642. The molecule has 6 rings (SSSR count). The molecule has 2 aliphatic carbocycles. The largest absolute Gasteiger partial charge is 0.338 e. The van der Waals surface area contributed by atoms with Gasteiger partial charge in [-0.15, -0.1) is 0 Å². The van der Waals surface area contributed by atoms with Gasteiger partial charge in [-0.1, -0.05) is 58.5 Å². The highest BCUT2D eigenvalue weighted by Gasteiger charge is 2.26. The molecule has 0 amide bonds. The number of thiazole rings is 1. The number of thioether (sulfide) groups is 1. The van der Waals surface area contributed by atoms with Crippen LogP contribution in [0.1, 0.15) is 30.7 Å². The Morgan fingerprint density at radius 1 is 1.00 bits per heavy atom. The Morgan fingerprint density at radius 3 is 2.68 bits per heavy atom. The molecule has 0 saturated carbocycles. The average molecular weight is 525 g/mol. The van der Waals surface area contributed by atoms with Crippen LogP contribution in [-0.4, -0.2) is 7.05 Å². The van der Waals surface area contributed by atoms with E-state index in [9.17, 15) is 0 Å². The molecular formula is C28H25Cl2N2S2+. The van der Waals surface area contributed by atoms with Crippen molar-refractivity contribution in [2.75, 3.05) is 11.9 Å². The average Bonchev–Trinajstić information content (AvgIpc) is 3.29. The van der Waals surface area contributed by atoms with E-state index < -0.39 is 0 Å². The van der Waals surface area contributed by atoms with E-state index in [0.29, 0.717) is 5.92 Å². The van der Waals surface area contributed by atoms with Gasteiger partial charge in [-0.05, 0) is 84.7 Å². The monoisotopic (exact) mass is 523 g/mol. The van der Waals surface area contributed by atoms with Crippen LogP contribution < -0.4 is 9.47 Å². The van der Waals surface area contributed by atoms with Crippen LogP contribution in [0.5, 0.6) is 0 Å². The van der Waals surface area contributed by atoms with E-state index in [1.165, 1.54) is 60.4 Å². The molecule has 0 radical (unpaired) electrons. The van der Waals surface area contributed by atoms with Crippen LogP contribution in [0.2, 0.25) is 10.0 Å². The van der Waals surface area contributed by atoms with Gasteiger partial charge in [-0.3, -0.25) is 0 Å². The summed E-state index contributed by atoms with van der Waals surface area (Å²) in [4.78, 5) is 3.53. The van der Waals surface area contributed by atoms with Crippen LogP contribution >= 0.6 is 46.3 Å². The van der Waals surface area contributed by atoms with Crippen molar-refractivity contribution in [3.63, 3.8) is 0 Å². The van der Waals surface area contributed by atoms with E-state index in [4.69, 9.17) is 23.2 Å². The molecule has 2 nitrogen and oxygen atoms in total. The van der Waals surface area contributed by atoms with Crippen LogP contribution in [0.25, 0.3) is 16.3 Å². The van der Waals surface area contributed by atoms with Gasteiger partial charge in [0.15, 0.2) is 0 Å². The van der Waals surface area contributed by atoms with Gasteiger partial charge in [0.2, 0.25) is 5.52 Å². The lowest BCUT2D eigenvalue weighted by Crippen LogP contribution is -2.29. The Labute approximate surface area is 218 Å². The number of halogens is 2. The summed E-state index contributed by atoms with van der Waals surface area (Å²) in [6.45, 7) is 0. The highest BCUT2D eigenvalue weighted by Crippen LogP contribution is 2.47. The third kappa shape index (κ3) is 4.15. The van der Waals surface area contributed by atoms with E-state index in [0.717, 1.165) is 22.9 Å². The van der Waals surface area contributed by atoms with Gasteiger partial charge in [-0.25, -0.2) is 0 Å². The van der Waals surface area contributed by atoms with Gasteiger partial charge in [0.1, 0.15) is 11.7 Å². The number of aromatic nitrogens is 1. The number of benzene rings is 2. The number of aryl methyl sites for hydroxylation is 1. The zero-order valence-electron chi connectivity index (χ0n) is 19.1. The highest BCUT2D eigenvalue weighted by molar-refractivity contribution is 8.03. The molecule has 3 aromatic rings. The minimum Gasteiger partial charge on any atom is -0.338 e. The Kier molecular flexibility index (Phi) is 5.89. The second-order valence-electron chi connectivity index (χ2n) is 9.22. The zero-order valence-corrected chi connectivity index (χ0v) is 22.3. The molecule has 6 heteroatoms. The van der Waals surface area contributed by atoms with E-state index in [1.54, 1.807) is 0 Å². The molecule has 1 aromatic heterocycles. The lowest BCUT2D eigenvalue weighted by Gasteiger charge is -2.28. The molecule has 0 fully saturated rings. The van der Waals surface area contributed by atoms with Crippen molar-refractivity contribution in [3.05, 3.63) is 91.4 Å². The number of allylic oxidation sites excluding steroid dienone is 6. The molecule has 1 atom stereocenters. The molecule has 1 aliphatic heterocycles. The predicted molar refractivity (Wildman–Crippen MR) is 148 cm³/mol. The molecular weight excluding hydrogens is 499 g/mol. The molecule has 34 heavy (non-hydrogen) atoms. The van der Waals surface area contributed by atoms with Gasteiger partial charge >= 0.3 is 0 Å². The Hall–Kier alpha value is -1.98. The third-order valence-corrected chi connectivity index (χ3v) is 9.81. The van der Waals surface area contributed by atoms with Gasteiger partial charge in [-0.2, -0.15) is 4.57 Å². The smallest absolute Gasteiger partial charge is 0.262 e. The second-order valence-corrected chi connectivity index (χ2v) is 12.2. The fraction of sp³-hybridized carbons (Fsp3) is 0.250. The van der Waals surface area contributed by atoms with Crippen molar-refractivity contribution in [2.24, 2.45) is 13.0 Å². The first kappa shape index (κ1) is 22.5. The molecule has 172 valence electrons. The number of nitrogens with zero attached hydrogens (tertiary/aromatic N) is 2. The Bertz CT molecular complexity index is 1440. The maximum Gasteiger partial charge on any atom is 0.262 e. The number of fused-ring (bicyclic) bond motifs is 3. The van der Waals surface area contributed by atoms with E-state index in [1.807, 2.05) is 35.2 Å². The maximum absolute atomic E-state index is 6.23. The summed E-state index contributed by atoms with van der Waals surface area (Å²) in [6, 6.07) is 12.3. The van der Waals surface area contributed by atoms with E-state index >= 15 is 0 Å². The molecule has 2 heterocycles. The standard InChI is InChI=1S/C28H25Cl2N2S2/c1-31-23-15-21(29)7-9-25(23)33-27(31)13-17-3-5-19-6-4-18(12-20(19)11-17)14-28-32(2)24-16-22(30)8-10-26(24)34-28/h7-16,19H,3-6H2,1-2H3/q+1. The topological polar surface area (TPSA) is 7.12 Å². The fourth-order valence-corrected chi connectivity index (χ4v) is 7.63. The SMILES string of the molecule is CN1/C(=C/C2=CC3=C/C(=C/c4sc5ccc(Cl)cc5[n+]4C)CCC3CC2)Sc2ccc(Cl)cc21. The first-order valence-corrected chi connectivity index (χ1v) is 14.0.